The second kappa shape index (κ2) is 8.35. The molecule has 0 bridgehead atoms. The van der Waals surface area contributed by atoms with E-state index in [4.69, 9.17) is 4.74 Å². The number of aliphatic hydroxyl groups excluding tert-OH is 2. The van der Waals surface area contributed by atoms with E-state index in [1.54, 1.807) is 31.4 Å². The Kier molecular flexibility index (Phi) is 7.13. The van der Waals surface area contributed by atoms with E-state index in [1.165, 1.54) is 0 Å². The van der Waals surface area contributed by atoms with Gasteiger partial charge >= 0.3 is 0 Å². The largest absolute Gasteiger partial charge is 0.497 e. The van der Waals surface area contributed by atoms with Gasteiger partial charge in [0.1, 0.15) is 5.75 Å². The average Bonchev–Trinajstić information content (AvgIpc) is 2.48. The number of rotatable bonds is 5. The number of aliphatic hydroxyl groups is 2. The molecule has 2 N–H and O–H groups in total. The molecule has 3 nitrogen and oxygen atoms in total. The van der Waals surface area contributed by atoms with E-state index >= 15 is 0 Å². The van der Waals surface area contributed by atoms with E-state index in [-0.39, 0.29) is 32.3 Å². The van der Waals surface area contributed by atoms with Gasteiger partial charge in [0.2, 0.25) is 0 Å². The Morgan fingerprint density at radius 1 is 0.850 bits per heavy atom. The van der Waals surface area contributed by atoms with Crippen molar-refractivity contribution in [2.24, 2.45) is 0 Å². The molecule has 0 saturated carbocycles. The van der Waals surface area contributed by atoms with Crippen molar-refractivity contribution in [3.63, 3.8) is 0 Å². The zero-order chi connectivity index (χ0) is 13.7. The van der Waals surface area contributed by atoms with Crippen molar-refractivity contribution in [3.05, 3.63) is 65.7 Å². The summed E-state index contributed by atoms with van der Waals surface area (Å²) in [5.74, 6) is 0.750. The minimum Gasteiger partial charge on any atom is -0.497 e. The third kappa shape index (κ3) is 4.54. The Balaban J connectivity index is 0.00000200. The molecule has 0 fully saturated rings. The van der Waals surface area contributed by atoms with Gasteiger partial charge in [-0.2, -0.15) is 0 Å². The Labute approximate surface area is 138 Å². The van der Waals surface area contributed by atoms with Crippen molar-refractivity contribution in [1.29, 1.82) is 0 Å². The molecule has 0 saturated heterocycles. The van der Waals surface area contributed by atoms with E-state index in [2.05, 4.69) is 0 Å². The molecular formula is C16H18O3Sc. The third-order valence-electron chi connectivity index (χ3n) is 3.13. The Morgan fingerprint density at radius 2 is 1.35 bits per heavy atom. The number of hydrogen-bond acceptors (Lipinski definition) is 3. The number of benzene rings is 2. The van der Waals surface area contributed by atoms with Crippen molar-refractivity contribution in [1.82, 2.24) is 0 Å². The first-order chi connectivity index (χ1) is 9.20. The summed E-state index contributed by atoms with van der Waals surface area (Å²) in [6.07, 6.45) is -1.09. The Morgan fingerprint density at radius 3 is 1.85 bits per heavy atom. The molecule has 0 heterocycles. The smallest absolute Gasteiger partial charge is 0.118 e. The summed E-state index contributed by atoms with van der Waals surface area (Å²) >= 11 is 0. The van der Waals surface area contributed by atoms with Crippen molar-refractivity contribution < 1.29 is 40.8 Å². The zero-order valence-corrected chi connectivity index (χ0v) is 13.2. The summed E-state index contributed by atoms with van der Waals surface area (Å²) in [4.78, 5) is 0. The van der Waals surface area contributed by atoms with Crippen molar-refractivity contribution in [3.8, 4) is 5.75 Å². The van der Waals surface area contributed by atoms with Crippen LogP contribution >= 0.6 is 0 Å². The number of ether oxygens (including phenoxy) is 1. The summed E-state index contributed by atoms with van der Waals surface area (Å²) in [6, 6.07) is 16.6. The van der Waals surface area contributed by atoms with Gasteiger partial charge in [-0.05, 0) is 23.3 Å². The predicted molar refractivity (Wildman–Crippen MR) is 74.0 cm³/mol. The minimum atomic E-state index is -0.693. The van der Waals surface area contributed by atoms with Crippen LogP contribution in [0.25, 0.3) is 0 Å². The second-order valence-electron chi connectivity index (χ2n) is 4.45. The molecule has 2 atom stereocenters. The van der Waals surface area contributed by atoms with Crippen LogP contribution in [0, 0.1) is 0 Å². The molecule has 2 unspecified atom stereocenters. The van der Waals surface area contributed by atoms with Gasteiger partial charge in [0.05, 0.1) is 19.3 Å². The molecule has 2 aromatic rings. The molecule has 0 aromatic heterocycles. The van der Waals surface area contributed by atoms with Gasteiger partial charge in [-0.25, -0.2) is 0 Å². The normalized spacial score (nSPS) is 13.2. The van der Waals surface area contributed by atoms with Crippen LogP contribution in [0.4, 0.5) is 0 Å². The summed E-state index contributed by atoms with van der Waals surface area (Å²) in [7, 11) is 1.60. The van der Waals surface area contributed by atoms with Crippen molar-refractivity contribution >= 4 is 0 Å². The van der Waals surface area contributed by atoms with Crippen molar-refractivity contribution in [2.75, 3.05) is 7.11 Å². The Hall–Kier alpha value is -0.970. The second-order valence-corrected chi connectivity index (χ2v) is 4.45. The van der Waals surface area contributed by atoms with Crippen LogP contribution < -0.4 is 4.74 Å². The van der Waals surface area contributed by atoms with Crippen molar-refractivity contribution in [2.45, 2.75) is 18.6 Å². The van der Waals surface area contributed by atoms with Gasteiger partial charge in [-0.3, -0.25) is 0 Å². The quantitative estimate of drug-likeness (QED) is 0.893. The van der Waals surface area contributed by atoms with E-state index in [0.29, 0.717) is 0 Å². The van der Waals surface area contributed by atoms with Crippen LogP contribution in [0.5, 0.6) is 5.75 Å². The van der Waals surface area contributed by atoms with Gasteiger partial charge in [-0.1, -0.05) is 42.5 Å². The SMILES string of the molecule is COc1ccc(C(O)CC(O)c2ccccc2)cc1.[Sc]. The van der Waals surface area contributed by atoms with E-state index in [1.807, 2.05) is 30.3 Å². The van der Waals surface area contributed by atoms with Gasteiger partial charge < -0.3 is 14.9 Å². The molecule has 0 amide bonds. The molecule has 20 heavy (non-hydrogen) atoms. The maximum absolute atomic E-state index is 10.1. The molecule has 1 radical (unpaired) electrons. The van der Waals surface area contributed by atoms with Crippen LogP contribution in [0.2, 0.25) is 0 Å². The predicted octanol–water partition coefficient (Wildman–Crippen LogP) is 2.85. The minimum absolute atomic E-state index is 0. The van der Waals surface area contributed by atoms with Gasteiger partial charge in [0.25, 0.3) is 0 Å². The summed E-state index contributed by atoms with van der Waals surface area (Å²) < 4.78 is 5.07. The maximum atomic E-state index is 10.1. The number of hydrogen-bond donors (Lipinski definition) is 2. The van der Waals surface area contributed by atoms with Gasteiger partial charge in [-0.15, -0.1) is 0 Å². The first kappa shape index (κ1) is 17.1. The monoisotopic (exact) mass is 303 g/mol. The van der Waals surface area contributed by atoms with Crippen LogP contribution in [-0.4, -0.2) is 17.3 Å². The molecule has 0 aliphatic heterocycles. The van der Waals surface area contributed by atoms with Gasteiger partial charge in [0, 0.05) is 32.3 Å². The van der Waals surface area contributed by atoms with Crippen LogP contribution in [-0.2, 0) is 25.8 Å². The van der Waals surface area contributed by atoms with E-state index in [9.17, 15) is 10.2 Å². The first-order valence-corrected chi connectivity index (χ1v) is 6.25. The molecule has 103 valence electrons. The molecule has 2 rings (SSSR count). The molecule has 2 aromatic carbocycles. The van der Waals surface area contributed by atoms with E-state index < -0.39 is 12.2 Å². The maximum Gasteiger partial charge on any atom is 0.118 e. The summed E-state index contributed by atoms with van der Waals surface area (Å²) in [6.45, 7) is 0. The number of methoxy groups -OCH3 is 1. The third-order valence-corrected chi connectivity index (χ3v) is 3.13. The first-order valence-electron chi connectivity index (χ1n) is 6.25. The average molecular weight is 303 g/mol. The molecule has 0 spiro atoms. The van der Waals surface area contributed by atoms with E-state index in [0.717, 1.165) is 16.9 Å². The molecular weight excluding hydrogens is 285 g/mol. The topological polar surface area (TPSA) is 49.7 Å². The zero-order valence-electron chi connectivity index (χ0n) is 11.4. The Bertz CT molecular complexity index is 499. The molecule has 0 aliphatic rings. The fourth-order valence-corrected chi connectivity index (χ4v) is 1.98. The van der Waals surface area contributed by atoms with Crippen LogP contribution in [0.3, 0.4) is 0 Å². The van der Waals surface area contributed by atoms with Crippen LogP contribution in [0.15, 0.2) is 54.6 Å². The molecule has 0 aliphatic carbocycles. The van der Waals surface area contributed by atoms with Crippen LogP contribution in [0.1, 0.15) is 29.8 Å². The standard InChI is InChI=1S/C16H18O3.Sc/c1-19-14-9-7-13(8-10-14)16(18)11-15(17)12-5-3-2-4-6-12;/h2-10,15-18H,11H2,1H3;. The fraction of sp³-hybridized carbons (Fsp3) is 0.250. The fourth-order valence-electron chi connectivity index (χ4n) is 1.98. The summed E-state index contributed by atoms with van der Waals surface area (Å²) in [5, 5.41) is 20.2. The summed E-state index contributed by atoms with van der Waals surface area (Å²) in [5.41, 5.74) is 1.59. The molecule has 4 heteroatoms. The van der Waals surface area contributed by atoms with Gasteiger partial charge in [0.15, 0.2) is 0 Å².